The minimum absolute atomic E-state index is 0. The standard InChI is InChI=1S/C22H44N6O.HI/c1-7-23-21(24-8-9-25-22(4,5)6)27-12-10-26(11-13-27)17-20(29)28-15-18(2)14-19(3)16-28;/h18-19,25H,7-17H2,1-6H3,(H,23,24);1H. The van der Waals surface area contributed by atoms with Crippen molar-refractivity contribution in [2.75, 3.05) is 65.4 Å². The third-order valence-corrected chi connectivity index (χ3v) is 5.62. The zero-order chi connectivity index (χ0) is 21.4. The highest BCUT2D eigenvalue weighted by Gasteiger charge is 2.28. The Morgan fingerprint density at radius 1 is 1.03 bits per heavy atom. The summed E-state index contributed by atoms with van der Waals surface area (Å²) in [4.78, 5) is 24.3. The van der Waals surface area contributed by atoms with Gasteiger partial charge in [-0.3, -0.25) is 14.7 Å². The second-order valence-corrected chi connectivity index (χ2v) is 9.92. The van der Waals surface area contributed by atoms with Gasteiger partial charge in [-0.1, -0.05) is 13.8 Å². The van der Waals surface area contributed by atoms with E-state index in [2.05, 4.69) is 66.9 Å². The minimum Gasteiger partial charge on any atom is -0.357 e. The maximum atomic E-state index is 12.8. The minimum atomic E-state index is 0. The van der Waals surface area contributed by atoms with E-state index in [0.29, 0.717) is 24.3 Å². The van der Waals surface area contributed by atoms with Gasteiger partial charge in [-0.25, -0.2) is 0 Å². The van der Waals surface area contributed by atoms with Gasteiger partial charge >= 0.3 is 0 Å². The number of rotatable bonds is 6. The summed E-state index contributed by atoms with van der Waals surface area (Å²) in [6.45, 7) is 21.7. The Morgan fingerprint density at radius 2 is 1.63 bits per heavy atom. The summed E-state index contributed by atoms with van der Waals surface area (Å²) < 4.78 is 0. The lowest BCUT2D eigenvalue weighted by atomic mass is 9.92. The Hall–Kier alpha value is -0.610. The summed E-state index contributed by atoms with van der Waals surface area (Å²) in [7, 11) is 0. The van der Waals surface area contributed by atoms with Crippen molar-refractivity contribution in [2.45, 2.75) is 53.5 Å². The molecular formula is C22H45IN6O. The monoisotopic (exact) mass is 536 g/mol. The SMILES string of the molecule is CCNC(=NCCNC(C)(C)C)N1CCN(CC(=O)N2CC(C)CC(C)C2)CC1.I. The molecule has 2 fully saturated rings. The van der Waals surface area contributed by atoms with Gasteiger partial charge in [0.1, 0.15) is 0 Å². The number of halogens is 1. The molecule has 0 aromatic rings. The van der Waals surface area contributed by atoms with Crippen LogP contribution in [-0.2, 0) is 4.79 Å². The number of likely N-dealkylation sites (tertiary alicyclic amines) is 1. The van der Waals surface area contributed by atoms with E-state index in [1.54, 1.807) is 0 Å². The molecule has 2 heterocycles. The maximum absolute atomic E-state index is 12.8. The zero-order valence-electron chi connectivity index (χ0n) is 20.0. The summed E-state index contributed by atoms with van der Waals surface area (Å²) in [5.74, 6) is 2.52. The quantitative estimate of drug-likeness (QED) is 0.236. The van der Waals surface area contributed by atoms with Crippen LogP contribution in [0.3, 0.4) is 0 Å². The summed E-state index contributed by atoms with van der Waals surface area (Å²) >= 11 is 0. The number of nitrogens with zero attached hydrogens (tertiary/aromatic N) is 4. The van der Waals surface area contributed by atoms with Crippen molar-refractivity contribution in [3.63, 3.8) is 0 Å². The van der Waals surface area contributed by atoms with Crippen LogP contribution in [0, 0.1) is 11.8 Å². The molecule has 0 bridgehead atoms. The first-order valence-electron chi connectivity index (χ1n) is 11.5. The smallest absolute Gasteiger partial charge is 0.236 e. The van der Waals surface area contributed by atoms with E-state index >= 15 is 0 Å². The molecule has 0 saturated carbocycles. The van der Waals surface area contributed by atoms with Crippen LogP contribution in [0.2, 0.25) is 0 Å². The first kappa shape index (κ1) is 27.4. The number of amides is 1. The van der Waals surface area contributed by atoms with Gasteiger partial charge in [-0.05, 0) is 46.0 Å². The van der Waals surface area contributed by atoms with Crippen LogP contribution in [0.1, 0.15) is 48.0 Å². The van der Waals surface area contributed by atoms with Crippen LogP contribution in [0.5, 0.6) is 0 Å². The van der Waals surface area contributed by atoms with Gasteiger partial charge in [-0.2, -0.15) is 0 Å². The Labute approximate surface area is 201 Å². The third-order valence-electron chi connectivity index (χ3n) is 5.62. The van der Waals surface area contributed by atoms with Crippen LogP contribution in [0.4, 0.5) is 0 Å². The fourth-order valence-electron chi connectivity index (χ4n) is 4.29. The van der Waals surface area contributed by atoms with Crippen molar-refractivity contribution in [3.8, 4) is 0 Å². The van der Waals surface area contributed by atoms with Crippen LogP contribution in [0.25, 0.3) is 0 Å². The number of guanidine groups is 1. The molecule has 0 spiro atoms. The van der Waals surface area contributed by atoms with E-state index in [9.17, 15) is 4.79 Å². The molecule has 2 unspecified atom stereocenters. The van der Waals surface area contributed by atoms with Crippen molar-refractivity contribution < 1.29 is 4.79 Å². The predicted octanol–water partition coefficient (Wildman–Crippen LogP) is 2.08. The van der Waals surface area contributed by atoms with Gasteiger partial charge in [0, 0.05) is 57.9 Å². The second-order valence-electron chi connectivity index (χ2n) is 9.92. The predicted molar refractivity (Wildman–Crippen MR) is 137 cm³/mol. The van der Waals surface area contributed by atoms with Gasteiger partial charge in [-0.15, -0.1) is 24.0 Å². The number of aliphatic imine (C=N–C) groups is 1. The highest BCUT2D eigenvalue weighted by Crippen LogP contribution is 2.21. The molecule has 2 N–H and O–H groups in total. The van der Waals surface area contributed by atoms with E-state index < -0.39 is 0 Å². The van der Waals surface area contributed by atoms with Crippen LogP contribution >= 0.6 is 24.0 Å². The number of nitrogens with one attached hydrogen (secondary N) is 2. The third kappa shape index (κ3) is 9.68. The van der Waals surface area contributed by atoms with Crippen LogP contribution < -0.4 is 10.6 Å². The average molecular weight is 537 g/mol. The van der Waals surface area contributed by atoms with E-state index in [4.69, 9.17) is 4.99 Å². The fourth-order valence-corrected chi connectivity index (χ4v) is 4.29. The van der Waals surface area contributed by atoms with Gasteiger partial charge in [0.15, 0.2) is 5.96 Å². The molecule has 2 aliphatic heterocycles. The number of piperidine rings is 1. The summed E-state index contributed by atoms with van der Waals surface area (Å²) in [6, 6.07) is 0. The first-order chi connectivity index (χ1) is 13.7. The second kappa shape index (κ2) is 13.1. The number of hydrogen-bond acceptors (Lipinski definition) is 4. The largest absolute Gasteiger partial charge is 0.357 e. The molecule has 0 radical (unpaired) electrons. The Balaban J connectivity index is 0.00000450. The highest BCUT2D eigenvalue weighted by atomic mass is 127. The Bertz CT molecular complexity index is 532. The van der Waals surface area contributed by atoms with Gasteiger partial charge < -0.3 is 20.4 Å². The molecule has 2 atom stereocenters. The molecule has 0 aromatic carbocycles. The summed E-state index contributed by atoms with van der Waals surface area (Å²) in [6.07, 6.45) is 1.24. The van der Waals surface area contributed by atoms with E-state index in [-0.39, 0.29) is 29.5 Å². The molecule has 176 valence electrons. The van der Waals surface area contributed by atoms with E-state index in [0.717, 1.165) is 64.9 Å². The van der Waals surface area contributed by atoms with Gasteiger partial charge in [0.25, 0.3) is 0 Å². The molecular weight excluding hydrogens is 491 g/mol. The van der Waals surface area contributed by atoms with Crippen molar-refractivity contribution in [1.29, 1.82) is 0 Å². The highest BCUT2D eigenvalue weighted by molar-refractivity contribution is 14.0. The Morgan fingerprint density at radius 3 is 2.17 bits per heavy atom. The molecule has 0 aromatic heterocycles. The molecule has 2 aliphatic rings. The van der Waals surface area contributed by atoms with E-state index in [1.165, 1.54) is 6.42 Å². The molecule has 7 nitrogen and oxygen atoms in total. The van der Waals surface area contributed by atoms with Crippen molar-refractivity contribution in [3.05, 3.63) is 0 Å². The number of hydrogen-bond donors (Lipinski definition) is 2. The molecule has 30 heavy (non-hydrogen) atoms. The van der Waals surface area contributed by atoms with Crippen LogP contribution in [0.15, 0.2) is 4.99 Å². The van der Waals surface area contributed by atoms with Crippen molar-refractivity contribution in [2.24, 2.45) is 16.8 Å². The molecule has 1 amide bonds. The van der Waals surface area contributed by atoms with Gasteiger partial charge in [0.2, 0.25) is 5.91 Å². The molecule has 2 saturated heterocycles. The maximum Gasteiger partial charge on any atom is 0.236 e. The normalized spacial score (nSPS) is 23.9. The molecule has 2 rings (SSSR count). The van der Waals surface area contributed by atoms with E-state index in [1.807, 2.05) is 0 Å². The lowest BCUT2D eigenvalue weighted by Crippen LogP contribution is -2.55. The van der Waals surface area contributed by atoms with Crippen LogP contribution in [-0.4, -0.2) is 97.6 Å². The molecule has 0 aliphatic carbocycles. The topological polar surface area (TPSA) is 63.2 Å². The number of piperazine rings is 1. The molecule has 8 heteroatoms. The lowest BCUT2D eigenvalue weighted by molar-refractivity contribution is -0.135. The summed E-state index contributed by atoms with van der Waals surface area (Å²) in [5.41, 5.74) is 0.121. The fraction of sp³-hybridized carbons (Fsp3) is 0.909. The lowest BCUT2D eigenvalue weighted by Gasteiger charge is -2.39. The number of carbonyl (C=O) groups is 1. The van der Waals surface area contributed by atoms with Crippen molar-refractivity contribution >= 4 is 35.8 Å². The van der Waals surface area contributed by atoms with Gasteiger partial charge in [0.05, 0.1) is 13.1 Å². The van der Waals surface area contributed by atoms with Crippen molar-refractivity contribution in [1.82, 2.24) is 25.3 Å². The number of carbonyl (C=O) groups excluding carboxylic acids is 1. The first-order valence-corrected chi connectivity index (χ1v) is 11.5. The summed E-state index contributed by atoms with van der Waals surface area (Å²) in [5, 5.41) is 6.91. The average Bonchev–Trinajstić information content (AvgIpc) is 2.63. The Kier molecular flexibility index (Phi) is 11.9. The zero-order valence-corrected chi connectivity index (χ0v) is 22.4.